The first-order valence-corrected chi connectivity index (χ1v) is 10.6. The maximum absolute atomic E-state index is 13.0. The molecule has 2 aromatic carbocycles. The molecule has 0 bridgehead atoms. The molecule has 1 fully saturated rings. The van der Waals surface area contributed by atoms with E-state index >= 15 is 0 Å². The molecular formula is C23H29ClN2O3. The Bertz CT molecular complexity index is 833. The van der Waals surface area contributed by atoms with Gasteiger partial charge in [0.2, 0.25) is 0 Å². The number of carbonyl (C=O) groups excluding carboxylic acids is 1. The van der Waals surface area contributed by atoms with Crippen LogP contribution >= 0.6 is 11.6 Å². The third-order valence-corrected chi connectivity index (χ3v) is 5.14. The summed E-state index contributed by atoms with van der Waals surface area (Å²) in [6.45, 7) is 10.1. The Morgan fingerprint density at radius 3 is 2.41 bits per heavy atom. The summed E-state index contributed by atoms with van der Waals surface area (Å²) in [6.07, 6.45) is 0. The maximum Gasteiger partial charge on any atom is 0.254 e. The van der Waals surface area contributed by atoms with Crippen molar-refractivity contribution in [1.29, 1.82) is 0 Å². The van der Waals surface area contributed by atoms with E-state index in [4.69, 9.17) is 21.1 Å². The van der Waals surface area contributed by atoms with Gasteiger partial charge in [-0.15, -0.1) is 0 Å². The van der Waals surface area contributed by atoms with Gasteiger partial charge in [-0.05, 0) is 43.2 Å². The van der Waals surface area contributed by atoms with E-state index in [1.807, 2.05) is 48.2 Å². The maximum atomic E-state index is 13.0. The topological polar surface area (TPSA) is 42.0 Å². The molecule has 1 aliphatic heterocycles. The SMILES string of the molecule is CCOc1cc(C(=O)N2CCN(c3ccccc3Cl)CC2)ccc1OCC(C)C. The second-order valence-corrected chi connectivity index (χ2v) is 7.94. The van der Waals surface area contributed by atoms with E-state index in [2.05, 4.69) is 18.7 Å². The number of hydrogen-bond acceptors (Lipinski definition) is 4. The van der Waals surface area contributed by atoms with Gasteiger partial charge in [-0.2, -0.15) is 0 Å². The van der Waals surface area contributed by atoms with Crippen molar-refractivity contribution in [3.8, 4) is 11.5 Å². The Hall–Kier alpha value is -2.40. The smallest absolute Gasteiger partial charge is 0.254 e. The van der Waals surface area contributed by atoms with Crippen molar-refractivity contribution >= 4 is 23.2 Å². The molecule has 156 valence electrons. The summed E-state index contributed by atoms with van der Waals surface area (Å²) in [5.74, 6) is 1.73. The quantitative estimate of drug-likeness (QED) is 0.654. The van der Waals surface area contributed by atoms with Crippen LogP contribution in [-0.2, 0) is 0 Å². The Labute approximate surface area is 178 Å². The largest absolute Gasteiger partial charge is 0.490 e. The van der Waals surface area contributed by atoms with Crippen molar-refractivity contribution in [2.24, 2.45) is 5.92 Å². The number of ether oxygens (including phenoxy) is 2. The Kier molecular flexibility index (Phi) is 7.26. The van der Waals surface area contributed by atoms with Crippen molar-refractivity contribution in [3.63, 3.8) is 0 Å². The van der Waals surface area contributed by atoms with Crippen LogP contribution in [0.1, 0.15) is 31.1 Å². The van der Waals surface area contributed by atoms with Gasteiger partial charge in [0.1, 0.15) is 0 Å². The molecule has 2 aromatic rings. The highest BCUT2D eigenvalue weighted by molar-refractivity contribution is 6.33. The summed E-state index contributed by atoms with van der Waals surface area (Å²) in [5.41, 5.74) is 1.64. The van der Waals surface area contributed by atoms with Crippen molar-refractivity contribution in [1.82, 2.24) is 4.90 Å². The number of nitrogens with zero attached hydrogens (tertiary/aromatic N) is 2. The first-order chi connectivity index (χ1) is 14.0. The van der Waals surface area contributed by atoms with Crippen molar-refractivity contribution in [2.45, 2.75) is 20.8 Å². The highest BCUT2D eigenvalue weighted by Crippen LogP contribution is 2.30. The van der Waals surface area contributed by atoms with Crippen molar-refractivity contribution in [3.05, 3.63) is 53.1 Å². The molecule has 1 heterocycles. The molecule has 0 saturated carbocycles. The van der Waals surface area contributed by atoms with E-state index < -0.39 is 0 Å². The molecule has 0 spiro atoms. The second kappa shape index (κ2) is 9.88. The lowest BCUT2D eigenvalue weighted by Gasteiger charge is -2.36. The summed E-state index contributed by atoms with van der Waals surface area (Å²) in [4.78, 5) is 17.1. The van der Waals surface area contributed by atoms with Crippen LogP contribution < -0.4 is 14.4 Å². The molecule has 1 saturated heterocycles. The monoisotopic (exact) mass is 416 g/mol. The van der Waals surface area contributed by atoms with E-state index in [0.29, 0.717) is 49.3 Å². The number of amides is 1. The fourth-order valence-electron chi connectivity index (χ4n) is 3.33. The standard InChI is InChI=1S/C23H29ClN2O3/c1-4-28-22-15-18(9-10-21(22)29-16-17(2)3)23(27)26-13-11-25(12-14-26)20-8-6-5-7-19(20)24/h5-10,15,17H,4,11-14,16H2,1-3H3. The fourth-order valence-corrected chi connectivity index (χ4v) is 3.58. The predicted octanol–water partition coefficient (Wildman–Crippen LogP) is 4.74. The third kappa shape index (κ3) is 5.36. The second-order valence-electron chi connectivity index (χ2n) is 7.53. The van der Waals surface area contributed by atoms with Crippen LogP contribution in [0.4, 0.5) is 5.69 Å². The van der Waals surface area contributed by atoms with Crippen LogP contribution in [0, 0.1) is 5.92 Å². The highest BCUT2D eigenvalue weighted by Gasteiger charge is 2.24. The number of hydrogen-bond donors (Lipinski definition) is 0. The van der Waals surface area contributed by atoms with Gasteiger partial charge in [-0.1, -0.05) is 37.6 Å². The first-order valence-electron chi connectivity index (χ1n) is 10.2. The van der Waals surface area contributed by atoms with Crippen LogP contribution in [0.25, 0.3) is 0 Å². The number of benzene rings is 2. The molecule has 3 rings (SSSR count). The molecule has 1 amide bonds. The Morgan fingerprint density at radius 2 is 1.76 bits per heavy atom. The average molecular weight is 417 g/mol. The van der Waals surface area contributed by atoms with E-state index in [1.165, 1.54) is 0 Å². The van der Waals surface area contributed by atoms with E-state index in [1.54, 1.807) is 6.07 Å². The zero-order valence-corrected chi connectivity index (χ0v) is 18.1. The van der Waals surface area contributed by atoms with Crippen LogP contribution in [-0.4, -0.2) is 50.2 Å². The highest BCUT2D eigenvalue weighted by atomic mass is 35.5. The molecular weight excluding hydrogens is 388 g/mol. The summed E-state index contributed by atoms with van der Waals surface area (Å²) in [5, 5.41) is 0.741. The van der Waals surface area contributed by atoms with Crippen LogP contribution in [0.5, 0.6) is 11.5 Å². The molecule has 0 aromatic heterocycles. The molecule has 6 heteroatoms. The van der Waals surface area contributed by atoms with Gasteiger partial charge >= 0.3 is 0 Å². The minimum absolute atomic E-state index is 0.0140. The van der Waals surface area contributed by atoms with E-state index in [-0.39, 0.29) is 5.91 Å². The first kappa shape index (κ1) is 21.3. The summed E-state index contributed by atoms with van der Waals surface area (Å²) in [7, 11) is 0. The Morgan fingerprint density at radius 1 is 1.03 bits per heavy atom. The number of piperazine rings is 1. The molecule has 0 radical (unpaired) electrons. The number of rotatable bonds is 7. The number of carbonyl (C=O) groups is 1. The zero-order valence-electron chi connectivity index (χ0n) is 17.4. The molecule has 0 aliphatic carbocycles. The average Bonchev–Trinajstić information content (AvgIpc) is 2.73. The zero-order chi connectivity index (χ0) is 20.8. The number of para-hydroxylation sites is 1. The van der Waals surface area contributed by atoms with Gasteiger partial charge in [0.15, 0.2) is 11.5 Å². The van der Waals surface area contributed by atoms with Crippen molar-refractivity contribution < 1.29 is 14.3 Å². The molecule has 0 N–H and O–H groups in total. The fraction of sp³-hybridized carbons (Fsp3) is 0.435. The predicted molar refractivity (Wildman–Crippen MR) is 118 cm³/mol. The molecule has 1 aliphatic rings. The third-order valence-electron chi connectivity index (χ3n) is 4.82. The van der Waals surface area contributed by atoms with E-state index in [0.717, 1.165) is 23.8 Å². The minimum Gasteiger partial charge on any atom is -0.490 e. The number of halogens is 1. The van der Waals surface area contributed by atoms with Crippen LogP contribution in [0.15, 0.2) is 42.5 Å². The normalized spacial score (nSPS) is 14.2. The van der Waals surface area contributed by atoms with Gasteiger partial charge in [-0.3, -0.25) is 4.79 Å². The lowest BCUT2D eigenvalue weighted by Crippen LogP contribution is -2.48. The van der Waals surface area contributed by atoms with Gasteiger partial charge in [-0.25, -0.2) is 0 Å². The van der Waals surface area contributed by atoms with Gasteiger partial charge in [0.25, 0.3) is 5.91 Å². The van der Waals surface area contributed by atoms with Gasteiger partial charge in [0.05, 0.1) is 23.9 Å². The number of anilines is 1. The van der Waals surface area contributed by atoms with Crippen LogP contribution in [0.3, 0.4) is 0 Å². The molecule has 29 heavy (non-hydrogen) atoms. The molecule has 0 atom stereocenters. The van der Waals surface area contributed by atoms with Crippen molar-refractivity contribution in [2.75, 3.05) is 44.3 Å². The lowest BCUT2D eigenvalue weighted by molar-refractivity contribution is 0.0746. The molecule has 5 nitrogen and oxygen atoms in total. The Balaban J connectivity index is 1.67. The summed E-state index contributed by atoms with van der Waals surface area (Å²) >= 11 is 6.31. The summed E-state index contributed by atoms with van der Waals surface area (Å²) in [6, 6.07) is 13.3. The van der Waals surface area contributed by atoms with Gasteiger partial charge < -0.3 is 19.3 Å². The summed E-state index contributed by atoms with van der Waals surface area (Å²) < 4.78 is 11.6. The van der Waals surface area contributed by atoms with Crippen LogP contribution in [0.2, 0.25) is 5.02 Å². The molecule has 0 unspecified atom stereocenters. The van der Waals surface area contributed by atoms with E-state index in [9.17, 15) is 4.79 Å². The lowest BCUT2D eigenvalue weighted by atomic mass is 10.1. The minimum atomic E-state index is 0.0140. The van der Waals surface area contributed by atoms with Gasteiger partial charge in [0, 0.05) is 31.7 Å².